The molecule has 3 rings (SSSR count). The zero-order valence-corrected chi connectivity index (χ0v) is 12.1. The maximum atomic E-state index is 13.9. The van der Waals surface area contributed by atoms with Gasteiger partial charge in [-0.1, -0.05) is 23.8 Å². The molecule has 0 bridgehead atoms. The molecule has 1 N–H and O–H groups in total. The van der Waals surface area contributed by atoms with Crippen molar-refractivity contribution in [3.8, 4) is 11.1 Å². The number of hydrogen-bond donors (Lipinski definition) is 1. The Bertz CT molecular complexity index is 665. The van der Waals surface area contributed by atoms with E-state index in [0.29, 0.717) is 12.0 Å². The van der Waals surface area contributed by atoms with Crippen molar-refractivity contribution >= 4 is 0 Å². The molecule has 0 spiro atoms. The summed E-state index contributed by atoms with van der Waals surface area (Å²) in [6.45, 7) is 6.27. The highest BCUT2D eigenvalue weighted by Crippen LogP contribution is 2.41. The summed E-state index contributed by atoms with van der Waals surface area (Å²) < 4.78 is 13.9. The summed E-state index contributed by atoms with van der Waals surface area (Å²) in [5, 5.41) is 9.98. The standard InChI is InChI=1S/C18H19FO/c1-10-8-11(2)17(12(3)9-10)13-4-6-15(19)18-14(13)5-7-16(18)20/h4,6,8-9,16,20H,5,7H2,1-3H3/t16-/m0/s1. The van der Waals surface area contributed by atoms with Crippen LogP contribution in [0.25, 0.3) is 11.1 Å². The first-order chi connectivity index (χ1) is 9.49. The van der Waals surface area contributed by atoms with Gasteiger partial charge in [-0.2, -0.15) is 0 Å². The number of aryl methyl sites for hydroxylation is 3. The first-order valence-corrected chi connectivity index (χ1v) is 7.06. The van der Waals surface area contributed by atoms with Crippen LogP contribution >= 0.6 is 0 Å². The quantitative estimate of drug-likeness (QED) is 0.814. The van der Waals surface area contributed by atoms with Gasteiger partial charge in [0.1, 0.15) is 5.82 Å². The van der Waals surface area contributed by atoms with Gasteiger partial charge in [0.2, 0.25) is 0 Å². The fourth-order valence-electron chi connectivity index (χ4n) is 3.53. The predicted octanol–water partition coefficient (Wildman–Crippen LogP) is 4.40. The molecule has 104 valence electrons. The number of rotatable bonds is 1. The number of benzene rings is 2. The molecular formula is C18H19FO. The maximum Gasteiger partial charge on any atom is 0.129 e. The molecule has 0 radical (unpaired) electrons. The zero-order valence-electron chi connectivity index (χ0n) is 12.1. The molecule has 0 amide bonds. The van der Waals surface area contributed by atoms with Crippen molar-refractivity contribution in [3.05, 3.63) is 57.9 Å². The third-order valence-corrected chi connectivity index (χ3v) is 4.25. The summed E-state index contributed by atoms with van der Waals surface area (Å²) >= 11 is 0. The molecule has 1 aliphatic carbocycles. The minimum absolute atomic E-state index is 0.281. The lowest BCUT2D eigenvalue weighted by molar-refractivity contribution is 0.176. The van der Waals surface area contributed by atoms with Crippen LogP contribution in [0.3, 0.4) is 0 Å². The van der Waals surface area contributed by atoms with Crippen molar-refractivity contribution in [2.75, 3.05) is 0 Å². The molecule has 0 fully saturated rings. The van der Waals surface area contributed by atoms with E-state index in [2.05, 4.69) is 32.9 Å². The summed E-state index contributed by atoms with van der Waals surface area (Å²) in [4.78, 5) is 0. The largest absolute Gasteiger partial charge is 0.388 e. The Morgan fingerprint density at radius 1 is 1.10 bits per heavy atom. The molecule has 1 atom stereocenters. The highest BCUT2D eigenvalue weighted by molar-refractivity contribution is 5.76. The van der Waals surface area contributed by atoms with Gasteiger partial charge in [-0.25, -0.2) is 4.39 Å². The third kappa shape index (κ3) is 1.95. The first-order valence-electron chi connectivity index (χ1n) is 7.06. The lowest BCUT2D eigenvalue weighted by atomic mass is 9.89. The van der Waals surface area contributed by atoms with E-state index in [-0.39, 0.29) is 5.82 Å². The van der Waals surface area contributed by atoms with Crippen LogP contribution in [0, 0.1) is 26.6 Å². The van der Waals surface area contributed by atoms with Crippen molar-refractivity contribution in [1.29, 1.82) is 0 Å². The molecule has 0 saturated carbocycles. The monoisotopic (exact) mass is 270 g/mol. The first kappa shape index (κ1) is 13.3. The summed E-state index contributed by atoms with van der Waals surface area (Å²) in [5.41, 5.74) is 7.39. The molecule has 0 aliphatic heterocycles. The van der Waals surface area contributed by atoms with E-state index in [9.17, 15) is 9.50 Å². The smallest absolute Gasteiger partial charge is 0.129 e. The van der Waals surface area contributed by atoms with Crippen molar-refractivity contribution in [3.63, 3.8) is 0 Å². The van der Waals surface area contributed by atoms with Gasteiger partial charge in [0, 0.05) is 5.56 Å². The van der Waals surface area contributed by atoms with Crippen molar-refractivity contribution in [1.82, 2.24) is 0 Å². The average Bonchev–Trinajstić information content (AvgIpc) is 2.74. The topological polar surface area (TPSA) is 20.2 Å². The van der Waals surface area contributed by atoms with Gasteiger partial charge in [-0.15, -0.1) is 0 Å². The number of aliphatic hydroxyl groups excluding tert-OH is 1. The van der Waals surface area contributed by atoms with Crippen LogP contribution in [-0.2, 0) is 6.42 Å². The highest BCUT2D eigenvalue weighted by Gasteiger charge is 2.27. The number of fused-ring (bicyclic) bond motifs is 1. The highest BCUT2D eigenvalue weighted by atomic mass is 19.1. The molecule has 0 saturated heterocycles. The van der Waals surface area contributed by atoms with E-state index in [0.717, 1.165) is 17.5 Å². The van der Waals surface area contributed by atoms with E-state index in [1.54, 1.807) is 0 Å². The molecule has 0 aromatic heterocycles. The lowest BCUT2D eigenvalue weighted by Gasteiger charge is -2.16. The van der Waals surface area contributed by atoms with Crippen LogP contribution in [0.4, 0.5) is 4.39 Å². The van der Waals surface area contributed by atoms with E-state index in [4.69, 9.17) is 0 Å². The van der Waals surface area contributed by atoms with Crippen LogP contribution in [0.15, 0.2) is 24.3 Å². The van der Waals surface area contributed by atoms with Gasteiger partial charge >= 0.3 is 0 Å². The Hall–Kier alpha value is -1.67. The molecule has 0 heterocycles. The number of hydrogen-bond acceptors (Lipinski definition) is 1. The minimum Gasteiger partial charge on any atom is -0.388 e. The SMILES string of the molecule is Cc1cc(C)c(-c2ccc(F)c3c2CC[C@@H]3O)c(C)c1. The molecule has 20 heavy (non-hydrogen) atoms. The zero-order chi connectivity index (χ0) is 14.4. The van der Waals surface area contributed by atoms with Crippen LogP contribution in [0.2, 0.25) is 0 Å². The van der Waals surface area contributed by atoms with Crippen molar-refractivity contribution < 1.29 is 9.50 Å². The Balaban J connectivity index is 2.28. The van der Waals surface area contributed by atoms with Gasteiger partial charge < -0.3 is 5.11 Å². The number of aliphatic hydroxyl groups is 1. The predicted molar refractivity (Wildman–Crippen MR) is 79.3 cm³/mol. The molecule has 1 nitrogen and oxygen atoms in total. The van der Waals surface area contributed by atoms with Crippen LogP contribution < -0.4 is 0 Å². The summed E-state index contributed by atoms with van der Waals surface area (Å²) in [6, 6.07) is 7.66. The Morgan fingerprint density at radius 2 is 1.75 bits per heavy atom. The summed E-state index contributed by atoms with van der Waals surface area (Å²) in [7, 11) is 0. The molecule has 2 aromatic rings. The van der Waals surface area contributed by atoms with Crippen LogP contribution in [0.1, 0.15) is 40.3 Å². The van der Waals surface area contributed by atoms with Gasteiger partial charge in [-0.05, 0) is 67.5 Å². The van der Waals surface area contributed by atoms with Crippen LogP contribution in [0.5, 0.6) is 0 Å². The second-order valence-corrected chi connectivity index (χ2v) is 5.82. The normalized spacial score (nSPS) is 17.4. The Morgan fingerprint density at radius 3 is 2.40 bits per heavy atom. The molecule has 2 heteroatoms. The van der Waals surface area contributed by atoms with Crippen molar-refractivity contribution in [2.24, 2.45) is 0 Å². The average molecular weight is 270 g/mol. The second kappa shape index (κ2) is 4.71. The Kier molecular flexibility index (Phi) is 3.14. The molecular weight excluding hydrogens is 251 g/mol. The number of halogens is 1. The van der Waals surface area contributed by atoms with Crippen LogP contribution in [-0.4, -0.2) is 5.11 Å². The molecule has 2 aromatic carbocycles. The molecule has 1 aliphatic rings. The second-order valence-electron chi connectivity index (χ2n) is 5.82. The van der Waals surface area contributed by atoms with E-state index in [1.165, 1.54) is 28.3 Å². The summed E-state index contributed by atoms with van der Waals surface area (Å²) in [6.07, 6.45) is 0.708. The van der Waals surface area contributed by atoms with Crippen molar-refractivity contribution in [2.45, 2.75) is 39.7 Å². The molecule has 0 unspecified atom stereocenters. The Labute approximate surface area is 119 Å². The van der Waals surface area contributed by atoms with E-state index in [1.807, 2.05) is 6.07 Å². The van der Waals surface area contributed by atoms with E-state index < -0.39 is 6.10 Å². The fraction of sp³-hybridized carbons (Fsp3) is 0.333. The third-order valence-electron chi connectivity index (χ3n) is 4.25. The van der Waals surface area contributed by atoms with E-state index >= 15 is 0 Å². The van der Waals surface area contributed by atoms with Gasteiger partial charge in [0.05, 0.1) is 6.10 Å². The summed E-state index contributed by atoms with van der Waals surface area (Å²) in [5.74, 6) is -0.281. The van der Waals surface area contributed by atoms with Gasteiger partial charge in [0.15, 0.2) is 0 Å². The maximum absolute atomic E-state index is 13.9. The van der Waals surface area contributed by atoms with Gasteiger partial charge in [-0.3, -0.25) is 0 Å². The van der Waals surface area contributed by atoms with Gasteiger partial charge in [0.25, 0.3) is 0 Å². The minimum atomic E-state index is -0.656. The fourth-order valence-corrected chi connectivity index (χ4v) is 3.53. The lowest BCUT2D eigenvalue weighted by Crippen LogP contribution is -1.99.